The fraction of sp³-hybridized carbons (Fsp3) is 0.375. The van der Waals surface area contributed by atoms with Gasteiger partial charge in [-0.3, -0.25) is 9.59 Å². The molecule has 0 spiro atoms. The summed E-state index contributed by atoms with van der Waals surface area (Å²) in [5.41, 5.74) is 1.03. The number of benzene rings is 2. The third-order valence-corrected chi connectivity index (χ3v) is 8.03. The van der Waals surface area contributed by atoms with E-state index >= 15 is 0 Å². The molecule has 0 N–H and O–H groups in total. The largest absolute Gasteiger partial charge is 0.485 e. The van der Waals surface area contributed by atoms with Crippen molar-refractivity contribution in [1.82, 2.24) is 14.8 Å². The number of thioether (sulfide) groups is 1. The average Bonchev–Trinajstić information content (AvgIpc) is 3.29. The van der Waals surface area contributed by atoms with Crippen LogP contribution < -0.4 is 9.47 Å². The summed E-state index contributed by atoms with van der Waals surface area (Å²) in [7, 11) is 0. The maximum absolute atomic E-state index is 12.9. The zero-order chi connectivity index (χ0) is 22.6. The van der Waals surface area contributed by atoms with Gasteiger partial charge in [-0.25, -0.2) is 4.98 Å². The van der Waals surface area contributed by atoms with E-state index in [9.17, 15) is 9.59 Å². The standard InChI is InChI=1S/C24H25N3O4S2/c28-22(10-5-15-32-24-25-17-6-1-4-9-21(17)33-24)26-11-13-27(14-12-26)23(29)20-16-30-18-7-2-3-8-19(18)31-20/h1-4,6-9,20H,5,10-16H2/t20-/m1/s1. The predicted molar refractivity (Wildman–Crippen MR) is 129 cm³/mol. The molecular formula is C24H25N3O4S2. The van der Waals surface area contributed by atoms with Crippen LogP contribution in [0, 0.1) is 0 Å². The number of thiazole rings is 1. The van der Waals surface area contributed by atoms with E-state index in [1.807, 2.05) is 41.3 Å². The maximum atomic E-state index is 12.9. The summed E-state index contributed by atoms with van der Waals surface area (Å²) in [5, 5.41) is 0. The van der Waals surface area contributed by atoms with Gasteiger partial charge in [0.25, 0.3) is 5.91 Å². The number of para-hydroxylation sites is 3. The average molecular weight is 484 g/mol. The van der Waals surface area contributed by atoms with Crippen molar-refractivity contribution < 1.29 is 19.1 Å². The Balaban J connectivity index is 1.04. The lowest BCUT2D eigenvalue weighted by atomic mass is 10.2. The molecule has 1 aromatic heterocycles. The number of amides is 2. The number of nitrogens with zero attached hydrogens (tertiary/aromatic N) is 3. The van der Waals surface area contributed by atoms with E-state index in [4.69, 9.17) is 9.47 Å². The zero-order valence-electron chi connectivity index (χ0n) is 18.1. The van der Waals surface area contributed by atoms with Crippen LogP contribution in [0.3, 0.4) is 0 Å². The Bertz CT molecular complexity index is 1110. The Morgan fingerprint density at radius 3 is 2.55 bits per heavy atom. The SMILES string of the molecule is O=C(CCCSc1nc2ccccc2s1)N1CCN(C(=O)[C@H]2COc3ccccc3O2)CC1. The number of piperazine rings is 1. The summed E-state index contributed by atoms with van der Waals surface area (Å²) in [4.78, 5) is 33.7. The van der Waals surface area contributed by atoms with Crippen molar-refractivity contribution in [2.45, 2.75) is 23.3 Å². The van der Waals surface area contributed by atoms with E-state index in [-0.39, 0.29) is 18.4 Å². The molecule has 0 saturated carbocycles. The molecule has 2 aromatic carbocycles. The van der Waals surface area contributed by atoms with Gasteiger partial charge in [0.15, 0.2) is 15.8 Å². The maximum Gasteiger partial charge on any atom is 0.267 e. The van der Waals surface area contributed by atoms with Gasteiger partial charge in [0, 0.05) is 38.4 Å². The normalized spacial score (nSPS) is 17.9. The third-order valence-electron chi connectivity index (χ3n) is 5.76. The Morgan fingerprint density at radius 1 is 1.00 bits per heavy atom. The number of hydrogen-bond acceptors (Lipinski definition) is 7. The molecule has 2 aliphatic heterocycles. The predicted octanol–water partition coefficient (Wildman–Crippen LogP) is 3.68. The first-order chi connectivity index (χ1) is 16.2. The number of rotatable bonds is 6. The van der Waals surface area contributed by atoms with Crippen molar-refractivity contribution in [3.05, 3.63) is 48.5 Å². The number of carbonyl (C=O) groups excluding carboxylic acids is 2. The summed E-state index contributed by atoms with van der Waals surface area (Å²) in [5.74, 6) is 2.20. The first kappa shape index (κ1) is 22.0. The highest BCUT2D eigenvalue weighted by Crippen LogP contribution is 2.32. The second-order valence-electron chi connectivity index (χ2n) is 7.97. The Labute approximate surface area is 200 Å². The number of carbonyl (C=O) groups is 2. The molecule has 0 aliphatic carbocycles. The molecule has 2 amide bonds. The van der Waals surface area contributed by atoms with E-state index in [2.05, 4.69) is 11.1 Å². The number of fused-ring (bicyclic) bond motifs is 2. The smallest absolute Gasteiger partial charge is 0.267 e. The van der Waals surface area contributed by atoms with Gasteiger partial charge in [-0.1, -0.05) is 36.0 Å². The Kier molecular flexibility index (Phi) is 6.68. The van der Waals surface area contributed by atoms with Crippen LogP contribution in [0.5, 0.6) is 11.5 Å². The third kappa shape index (κ3) is 5.09. The van der Waals surface area contributed by atoms with E-state index in [0.29, 0.717) is 44.1 Å². The van der Waals surface area contributed by atoms with Crippen LogP contribution in [0.15, 0.2) is 52.9 Å². The summed E-state index contributed by atoms with van der Waals surface area (Å²) < 4.78 is 13.7. The molecule has 33 heavy (non-hydrogen) atoms. The lowest BCUT2D eigenvalue weighted by Crippen LogP contribution is -2.55. The highest BCUT2D eigenvalue weighted by Gasteiger charge is 2.33. The monoisotopic (exact) mass is 483 g/mol. The van der Waals surface area contributed by atoms with Crippen LogP contribution >= 0.6 is 23.1 Å². The van der Waals surface area contributed by atoms with E-state index in [1.165, 1.54) is 4.70 Å². The molecule has 0 unspecified atom stereocenters. The molecule has 7 nitrogen and oxygen atoms in total. The Morgan fingerprint density at radius 2 is 1.73 bits per heavy atom. The molecule has 3 aromatic rings. The molecule has 2 aliphatic rings. The molecule has 1 saturated heterocycles. The van der Waals surface area contributed by atoms with Crippen LogP contribution in [-0.4, -0.2) is 71.2 Å². The van der Waals surface area contributed by atoms with Gasteiger partial charge in [-0.2, -0.15) is 0 Å². The molecule has 1 atom stereocenters. The summed E-state index contributed by atoms with van der Waals surface area (Å²) in [6.45, 7) is 2.36. The summed E-state index contributed by atoms with van der Waals surface area (Å²) in [6, 6.07) is 15.5. The first-order valence-corrected chi connectivity index (χ1v) is 12.9. The molecule has 3 heterocycles. The van der Waals surface area contributed by atoms with Crippen LogP contribution in [0.1, 0.15) is 12.8 Å². The molecule has 9 heteroatoms. The van der Waals surface area contributed by atoms with Crippen LogP contribution in [0.2, 0.25) is 0 Å². The highest BCUT2D eigenvalue weighted by molar-refractivity contribution is 8.01. The lowest BCUT2D eigenvalue weighted by molar-refractivity contribution is -0.146. The van der Waals surface area contributed by atoms with E-state index in [1.54, 1.807) is 34.1 Å². The number of ether oxygens (including phenoxy) is 2. The van der Waals surface area contributed by atoms with Crippen LogP contribution in [-0.2, 0) is 9.59 Å². The summed E-state index contributed by atoms with van der Waals surface area (Å²) >= 11 is 3.40. The topological polar surface area (TPSA) is 72.0 Å². The minimum absolute atomic E-state index is 0.0798. The molecular weight excluding hydrogens is 458 g/mol. The zero-order valence-corrected chi connectivity index (χ0v) is 19.8. The van der Waals surface area contributed by atoms with E-state index in [0.717, 1.165) is 22.0 Å². The molecule has 1 fully saturated rings. The lowest BCUT2D eigenvalue weighted by Gasteiger charge is -2.37. The fourth-order valence-corrected chi connectivity index (χ4v) is 6.05. The van der Waals surface area contributed by atoms with Crippen molar-refractivity contribution in [2.75, 3.05) is 38.5 Å². The van der Waals surface area contributed by atoms with Crippen LogP contribution in [0.4, 0.5) is 0 Å². The Hall–Kier alpha value is -2.78. The van der Waals surface area contributed by atoms with Gasteiger partial charge in [0.1, 0.15) is 6.61 Å². The van der Waals surface area contributed by atoms with Crippen molar-refractivity contribution in [3.63, 3.8) is 0 Å². The molecule has 172 valence electrons. The summed E-state index contributed by atoms with van der Waals surface area (Å²) in [6.07, 6.45) is 0.689. The van der Waals surface area contributed by atoms with Crippen molar-refractivity contribution in [3.8, 4) is 11.5 Å². The first-order valence-electron chi connectivity index (χ1n) is 11.1. The number of hydrogen-bond donors (Lipinski definition) is 0. The van der Waals surface area contributed by atoms with Crippen LogP contribution in [0.25, 0.3) is 10.2 Å². The van der Waals surface area contributed by atoms with E-state index < -0.39 is 6.10 Å². The number of aromatic nitrogens is 1. The molecule has 0 radical (unpaired) electrons. The van der Waals surface area contributed by atoms with Gasteiger partial charge in [0.05, 0.1) is 10.2 Å². The van der Waals surface area contributed by atoms with Crippen molar-refractivity contribution in [1.29, 1.82) is 0 Å². The van der Waals surface area contributed by atoms with Gasteiger partial charge < -0.3 is 19.3 Å². The van der Waals surface area contributed by atoms with Crippen molar-refractivity contribution in [2.24, 2.45) is 0 Å². The van der Waals surface area contributed by atoms with Gasteiger partial charge in [0.2, 0.25) is 12.0 Å². The highest BCUT2D eigenvalue weighted by atomic mass is 32.2. The minimum atomic E-state index is -0.637. The van der Waals surface area contributed by atoms with Gasteiger partial charge in [-0.05, 0) is 30.7 Å². The molecule has 0 bridgehead atoms. The quantitative estimate of drug-likeness (QED) is 0.394. The van der Waals surface area contributed by atoms with Crippen molar-refractivity contribution >= 4 is 45.1 Å². The fourth-order valence-electron chi connectivity index (χ4n) is 3.97. The van der Waals surface area contributed by atoms with Gasteiger partial charge in [-0.15, -0.1) is 11.3 Å². The van der Waals surface area contributed by atoms with Gasteiger partial charge >= 0.3 is 0 Å². The minimum Gasteiger partial charge on any atom is -0.485 e. The second kappa shape index (κ2) is 10.0. The second-order valence-corrected chi connectivity index (χ2v) is 10.3. The molecule has 5 rings (SSSR count).